The molecule has 0 spiro atoms. The van der Waals surface area contributed by atoms with E-state index >= 15 is 0 Å². The third-order valence-electron chi connectivity index (χ3n) is 2.95. The van der Waals surface area contributed by atoms with E-state index in [1.807, 2.05) is 31.5 Å². The first-order valence-electron chi connectivity index (χ1n) is 5.71. The van der Waals surface area contributed by atoms with Gasteiger partial charge in [0.05, 0.1) is 5.75 Å². The lowest BCUT2D eigenvalue weighted by atomic mass is 10.2. The molecular weight excluding hydrogens is 250 g/mol. The van der Waals surface area contributed by atoms with Gasteiger partial charge in [-0.3, -0.25) is 0 Å². The van der Waals surface area contributed by atoms with Crippen molar-refractivity contribution >= 4 is 9.84 Å². The van der Waals surface area contributed by atoms with Gasteiger partial charge in [0.15, 0.2) is 0 Å². The molecule has 0 aliphatic rings. The van der Waals surface area contributed by atoms with Gasteiger partial charge in [-0.15, -0.1) is 0 Å². The van der Waals surface area contributed by atoms with E-state index in [0.717, 1.165) is 11.3 Å². The molecule has 1 heterocycles. The van der Waals surface area contributed by atoms with Gasteiger partial charge >= 0.3 is 0 Å². The molecule has 0 bridgehead atoms. The molecule has 1 atom stereocenters. The van der Waals surface area contributed by atoms with Crippen LogP contribution in [0.4, 0.5) is 0 Å². The molecule has 100 valence electrons. The lowest BCUT2D eigenvalue weighted by molar-refractivity contribution is 0.559. The number of nitriles is 1. The highest BCUT2D eigenvalue weighted by atomic mass is 32.2. The minimum absolute atomic E-state index is 0.106. The highest BCUT2D eigenvalue weighted by Crippen LogP contribution is 2.13. The summed E-state index contributed by atoms with van der Waals surface area (Å²) < 4.78 is 24.1. The summed E-state index contributed by atoms with van der Waals surface area (Å²) in [5.41, 5.74) is 2.65. The smallest absolute Gasteiger partial charge is 0.148 e. The Morgan fingerprint density at radius 3 is 2.61 bits per heavy atom. The number of sulfone groups is 1. The van der Waals surface area contributed by atoms with Crippen LogP contribution in [0, 0.1) is 18.3 Å². The Bertz CT molecular complexity index is 567. The van der Waals surface area contributed by atoms with E-state index in [1.165, 1.54) is 6.26 Å². The zero-order chi connectivity index (χ0) is 13.9. The molecule has 6 heteroatoms. The second-order valence-corrected chi connectivity index (χ2v) is 6.87. The number of rotatable bonds is 5. The fourth-order valence-electron chi connectivity index (χ4n) is 1.85. The van der Waals surface area contributed by atoms with Gasteiger partial charge in [-0.1, -0.05) is 0 Å². The average molecular weight is 269 g/mol. The number of aromatic nitrogens is 1. The van der Waals surface area contributed by atoms with Gasteiger partial charge < -0.3 is 9.88 Å². The van der Waals surface area contributed by atoms with Gasteiger partial charge in [0, 0.05) is 31.6 Å². The average Bonchev–Trinajstić information content (AvgIpc) is 2.51. The molecule has 0 saturated carbocycles. The molecule has 0 amide bonds. The third kappa shape index (κ3) is 3.86. The van der Waals surface area contributed by atoms with Crippen LogP contribution in [0.3, 0.4) is 0 Å². The summed E-state index contributed by atoms with van der Waals surface area (Å²) in [5.74, 6) is 0.115. The number of nitrogens with zero attached hydrogens (tertiary/aromatic N) is 2. The summed E-state index contributed by atoms with van der Waals surface area (Å²) in [6.07, 6.45) is 1.23. The lowest BCUT2D eigenvalue weighted by Gasteiger charge is -2.12. The van der Waals surface area contributed by atoms with Crippen LogP contribution in [0.1, 0.15) is 23.9 Å². The molecule has 1 unspecified atom stereocenters. The largest absolute Gasteiger partial charge is 0.340 e. The molecular formula is C12H19N3O2S. The molecule has 1 N–H and O–H groups in total. The van der Waals surface area contributed by atoms with Crippen molar-refractivity contribution in [2.24, 2.45) is 7.05 Å². The minimum atomic E-state index is -2.97. The van der Waals surface area contributed by atoms with Crippen LogP contribution in [-0.4, -0.2) is 31.0 Å². The van der Waals surface area contributed by atoms with E-state index in [1.54, 1.807) is 0 Å². The van der Waals surface area contributed by atoms with Crippen LogP contribution in [-0.2, 0) is 23.4 Å². The van der Waals surface area contributed by atoms with Gasteiger partial charge in [-0.05, 0) is 25.5 Å². The molecule has 0 aliphatic heterocycles. The summed E-state index contributed by atoms with van der Waals surface area (Å²) in [6.45, 7) is 4.35. The Balaban J connectivity index is 2.68. The molecule has 18 heavy (non-hydrogen) atoms. The Kier molecular flexibility index (Phi) is 4.54. The third-order valence-corrected chi connectivity index (χ3v) is 4.05. The molecule has 0 aromatic carbocycles. The predicted octanol–water partition coefficient (Wildman–Crippen LogP) is 0.728. The minimum Gasteiger partial charge on any atom is -0.340 e. The fraction of sp³-hybridized carbons (Fsp3) is 0.583. The van der Waals surface area contributed by atoms with E-state index in [4.69, 9.17) is 5.26 Å². The van der Waals surface area contributed by atoms with Gasteiger partial charge in [0.25, 0.3) is 0 Å². The topological polar surface area (TPSA) is 74.9 Å². The Morgan fingerprint density at radius 2 is 2.17 bits per heavy atom. The van der Waals surface area contributed by atoms with Crippen molar-refractivity contribution in [2.45, 2.75) is 26.4 Å². The van der Waals surface area contributed by atoms with Crippen LogP contribution in [0.5, 0.6) is 0 Å². The summed E-state index contributed by atoms with van der Waals surface area (Å²) in [4.78, 5) is 0. The van der Waals surface area contributed by atoms with Gasteiger partial charge in [-0.2, -0.15) is 5.26 Å². The Hall–Kier alpha value is -1.32. The molecule has 0 aliphatic carbocycles. The van der Waals surface area contributed by atoms with Crippen molar-refractivity contribution in [1.82, 2.24) is 9.88 Å². The van der Waals surface area contributed by atoms with E-state index in [-0.39, 0.29) is 11.8 Å². The maximum Gasteiger partial charge on any atom is 0.148 e. The quantitative estimate of drug-likeness (QED) is 0.855. The van der Waals surface area contributed by atoms with Gasteiger partial charge in [0.1, 0.15) is 21.6 Å². The van der Waals surface area contributed by atoms with E-state index in [9.17, 15) is 8.42 Å². The maximum absolute atomic E-state index is 11.1. The second-order valence-electron chi connectivity index (χ2n) is 4.69. The predicted molar refractivity (Wildman–Crippen MR) is 70.9 cm³/mol. The Labute approximate surface area is 108 Å². The van der Waals surface area contributed by atoms with Crippen molar-refractivity contribution in [3.05, 3.63) is 23.0 Å². The maximum atomic E-state index is 11.1. The zero-order valence-corrected chi connectivity index (χ0v) is 12.0. The molecule has 1 rings (SSSR count). The van der Waals surface area contributed by atoms with Crippen LogP contribution >= 0.6 is 0 Å². The molecule has 0 radical (unpaired) electrons. The Morgan fingerprint density at radius 1 is 1.56 bits per heavy atom. The molecule has 0 saturated heterocycles. The van der Waals surface area contributed by atoms with E-state index < -0.39 is 9.84 Å². The highest BCUT2D eigenvalue weighted by molar-refractivity contribution is 7.90. The zero-order valence-electron chi connectivity index (χ0n) is 11.2. The molecule has 0 fully saturated rings. The van der Waals surface area contributed by atoms with Gasteiger partial charge in [0.2, 0.25) is 0 Å². The number of hydrogen-bond acceptors (Lipinski definition) is 4. The first-order chi connectivity index (χ1) is 8.24. The van der Waals surface area contributed by atoms with E-state index in [2.05, 4.69) is 11.4 Å². The monoisotopic (exact) mass is 269 g/mol. The lowest BCUT2D eigenvalue weighted by Crippen LogP contribution is -2.32. The van der Waals surface area contributed by atoms with Crippen molar-refractivity contribution in [1.29, 1.82) is 5.26 Å². The molecule has 1 aromatic heterocycles. The highest BCUT2D eigenvalue weighted by Gasteiger charge is 2.12. The SMILES string of the molecule is Cc1c(CNC(C)CS(C)(=O)=O)cc(C#N)n1C. The van der Waals surface area contributed by atoms with Crippen molar-refractivity contribution in [3.63, 3.8) is 0 Å². The molecule has 5 nitrogen and oxygen atoms in total. The first kappa shape index (κ1) is 14.7. The van der Waals surface area contributed by atoms with Crippen LogP contribution in [0.15, 0.2) is 6.07 Å². The van der Waals surface area contributed by atoms with Crippen molar-refractivity contribution < 1.29 is 8.42 Å². The summed E-state index contributed by atoms with van der Waals surface area (Å²) >= 11 is 0. The summed E-state index contributed by atoms with van der Waals surface area (Å²) in [6, 6.07) is 3.84. The van der Waals surface area contributed by atoms with Crippen LogP contribution in [0.2, 0.25) is 0 Å². The molecule has 1 aromatic rings. The second kappa shape index (κ2) is 5.55. The first-order valence-corrected chi connectivity index (χ1v) is 7.77. The van der Waals surface area contributed by atoms with Crippen molar-refractivity contribution in [2.75, 3.05) is 12.0 Å². The standard InChI is InChI=1S/C12H19N3O2S/c1-9(8-18(4,16)17)14-7-11-5-12(6-13)15(3)10(11)2/h5,9,14H,7-8H2,1-4H3. The summed E-state index contributed by atoms with van der Waals surface area (Å²) in [7, 11) is -1.12. The van der Waals surface area contributed by atoms with Crippen LogP contribution < -0.4 is 5.32 Å². The normalized spacial score (nSPS) is 13.3. The van der Waals surface area contributed by atoms with E-state index in [0.29, 0.717) is 12.2 Å². The van der Waals surface area contributed by atoms with Gasteiger partial charge in [-0.25, -0.2) is 8.42 Å². The van der Waals surface area contributed by atoms with Crippen molar-refractivity contribution in [3.8, 4) is 6.07 Å². The van der Waals surface area contributed by atoms with Crippen LogP contribution in [0.25, 0.3) is 0 Å². The summed E-state index contributed by atoms with van der Waals surface area (Å²) in [5, 5.41) is 12.1. The number of hydrogen-bond donors (Lipinski definition) is 1. The number of nitrogens with one attached hydrogen (secondary N) is 1. The fourth-order valence-corrected chi connectivity index (χ4v) is 2.87.